The Morgan fingerprint density at radius 2 is 1.73 bits per heavy atom. The van der Waals surface area contributed by atoms with Crippen LogP contribution in [0.4, 0.5) is 5.69 Å². The van der Waals surface area contributed by atoms with Gasteiger partial charge in [0.1, 0.15) is 0 Å². The van der Waals surface area contributed by atoms with Gasteiger partial charge in [0.05, 0.1) is 10.0 Å². The summed E-state index contributed by atoms with van der Waals surface area (Å²) in [6, 6.07) is 5.71. The molecule has 6 heteroatoms. The molecular weight excluding hydrogens is 337 g/mol. The highest BCUT2D eigenvalue weighted by molar-refractivity contribution is 7.80. The summed E-state index contributed by atoms with van der Waals surface area (Å²) >= 11 is 17.4. The molecule has 1 saturated heterocycles. The number of nitrogens with one attached hydrogen (secondary N) is 3. The lowest BCUT2D eigenvalue weighted by molar-refractivity contribution is 0.156. The molecule has 0 unspecified atom stereocenters. The molecule has 0 aromatic heterocycles. The Labute approximate surface area is 148 Å². The number of hydrogen-bond acceptors (Lipinski definition) is 2. The normalized spacial score (nSPS) is 20.5. The van der Waals surface area contributed by atoms with E-state index in [2.05, 4.69) is 43.6 Å². The number of hydrogen-bond donors (Lipinski definition) is 3. The van der Waals surface area contributed by atoms with Crippen LogP contribution in [0.5, 0.6) is 0 Å². The van der Waals surface area contributed by atoms with Crippen molar-refractivity contribution in [3.63, 3.8) is 0 Å². The van der Waals surface area contributed by atoms with Crippen LogP contribution in [0.15, 0.2) is 18.2 Å². The van der Waals surface area contributed by atoms with Gasteiger partial charge in [-0.25, -0.2) is 0 Å². The van der Waals surface area contributed by atoms with Crippen molar-refractivity contribution in [2.45, 2.75) is 57.7 Å². The number of benzene rings is 1. The van der Waals surface area contributed by atoms with E-state index in [9.17, 15) is 0 Å². The largest absolute Gasteiger partial charge is 0.360 e. The van der Waals surface area contributed by atoms with E-state index >= 15 is 0 Å². The van der Waals surface area contributed by atoms with E-state index in [1.165, 1.54) is 0 Å². The van der Waals surface area contributed by atoms with Crippen molar-refractivity contribution < 1.29 is 0 Å². The van der Waals surface area contributed by atoms with Gasteiger partial charge in [0.25, 0.3) is 0 Å². The van der Waals surface area contributed by atoms with E-state index in [0.717, 1.165) is 18.5 Å². The molecule has 1 fully saturated rings. The van der Waals surface area contributed by atoms with E-state index in [1.807, 2.05) is 6.07 Å². The molecule has 3 nitrogen and oxygen atoms in total. The maximum Gasteiger partial charge on any atom is 0.170 e. The summed E-state index contributed by atoms with van der Waals surface area (Å²) in [5.41, 5.74) is 0.997. The summed E-state index contributed by atoms with van der Waals surface area (Å²) in [7, 11) is 0. The fourth-order valence-electron chi connectivity index (χ4n) is 3.35. The molecule has 122 valence electrons. The summed E-state index contributed by atoms with van der Waals surface area (Å²) in [6.45, 7) is 8.88. The van der Waals surface area contributed by atoms with E-state index in [1.54, 1.807) is 12.1 Å². The van der Waals surface area contributed by atoms with Gasteiger partial charge in [0, 0.05) is 22.8 Å². The SMILES string of the molecule is CC1(C)CC(NC(=S)Nc2ccc(Cl)c(Cl)c2)CC(C)(C)N1. The lowest BCUT2D eigenvalue weighted by Gasteiger charge is -2.46. The number of thiocarbonyl (C=S) groups is 1. The molecule has 22 heavy (non-hydrogen) atoms. The highest BCUT2D eigenvalue weighted by Crippen LogP contribution is 2.29. The molecule has 0 spiro atoms. The van der Waals surface area contributed by atoms with Crippen LogP contribution in [0.3, 0.4) is 0 Å². The summed E-state index contributed by atoms with van der Waals surface area (Å²) in [4.78, 5) is 0. The van der Waals surface area contributed by atoms with E-state index in [4.69, 9.17) is 35.4 Å². The van der Waals surface area contributed by atoms with E-state index in [0.29, 0.717) is 21.2 Å². The van der Waals surface area contributed by atoms with Gasteiger partial charge in [-0.15, -0.1) is 0 Å². The monoisotopic (exact) mass is 359 g/mol. The Balaban J connectivity index is 1.98. The number of anilines is 1. The fourth-order valence-corrected chi connectivity index (χ4v) is 3.93. The van der Waals surface area contributed by atoms with Gasteiger partial charge in [-0.3, -0.25) is 0 Å². The Morgan fingerprint density at radius 3 is 2.27 bits per heavy atom. The summed E-state index contributed by atoms with van der Waals surface area (Å²) in [5.74, 6) is 0. The first-order chi connectivity index (χ1) is 10.1. The lowest BCUT2D eigenvalue weighted by atomic mass is 9.80. The first-order valence-electron chi connectivity index (χ1n) is 7.38. The third-order valence-corrected chi connectivity index (χ3v) is 4.66. The van der Waals surface area contributed by atoms with Crippen LogP contribution in [0, 0.1) is 0 Å². The molecule has 0 atom stereocenters. The predicted octanol–water partition coefficient (Wildman–Crippen LogP) is 4.59. The quantitative estimate of drug-likeness (QED) is 0.675. The molecule has 0 saturated carbocycles. The molecule has 0 bridgehead atoms. The summed E-state index contributed by atoms with van der Waals surface area (Å²) < 4.78 is 0. The summed E-state index contributed by atoms with van der Waals surface area (Å²) in [5, 5.41) is 11.9. The molecule has 0 amide bonds. The first-order valence-corrected chi connectivity index (χ1v) is 8.55. The first kappa shape index (κ1) is 17.8. The molecule has 0 radical (unpaired) electrons. The Kier molecular flexibility index (Phi) is 5.27. The van der Waals surface area contributed by atoms with Crippen molar-refractivity contribution >= 4 is 46.2 Å². The maximum atomic E-state index is 6.02. The Hall–Kier alpha value is -0.550. The number of piperidine rings is 1. The highest BCUT2D eigenvalue weighted by atomic mass is 35.5. The fraction of sp³-hybridized carbons (Fsp3) is 0.562. The van der Waals surface area contributed by atoms with Crippen LogP contribution >= 0.6 is 35.4 Å². The standard InChI is InChI=1S/C16H23Cl2N3S/c1-15(2)8-11(9-16(3,4)21-15)20-14(22)19-10-5-6-12(17)13(18)7-10/h5-7,11,21H,8-9H2,1-4H3,(H2,19,20,22). The lowest BCUT2D eigenvalue weighted by Crippen LogP contribution is -2.62. The zero-order chi connectivity index (χ0) is 16.5. The smallest absolute Gasteiger partial charge is 0.170 e. The molecule has 1 aliphatic rings. The van der Waals surface area contributed by atoms with Crippen LogP contribution in [0.25, 0.3) is 0 Å². The molecular formula is C16H23Cl2N3S. The maximum absolute atomic E-state index is 6.02. The Morgan fingerprint density at radius 1 is 1.14 bits per heavy atom. The number of rotatable bonds is 2. The van der Waals surface area contributed by atoms with Crippen molar-refractivity contribution in [1.82, 2.24) is 10.6 Å². The third-order valence-electron chi connectivity index (χ3n) is 3.70. The minimum Gasteiger partial charge on any atom is -0.360 e. The molecule has 3 N–H and O–H groups in total. The van der Waals surface area contributed by atoms with E-state index in [-0.39, 0.29) is 11.1 Å². The van der Waals surface area contributed by atoms with Gasteiger partial charge < -0.3 is 16.0 Å². The second-order valence-corrected chi connectivity index (χ2v) is 8.45. The molecule has 0 aliphatic carbocycles. The van der Waals surface area contributed by atoms with Gasteiger partial charge in [-0.2, -0.15) is 0 Å². The molecule has 1 heterocycles. The van der Waals surface area contributed by atoms with Crippen molar-refractivity contribution in [1.29, 1.82) is 0 Å². The van der Waals surface area contributed by atoms with Gasteiger partial charge >= 0.3 is 0 Å². The van der Waals surface area contributed by atoms with Gasteiger partial charge in [-0.05, 0) is 71.0 Å². The summed E-state index contributed by atoms with van der Waals surface area (Å²) in [6.07, 6.45) is 2.03. The van der Waals surface area contributed by atoms with Crippen molar-refractivity contribution in [2.24, 2.45) is 0 Å². The van der Waals surface area contributed by atoms with Crippen LogP contribution < -0.4 is 16.0 Å². The van der Waals surface area contributed by atoms with Gasteiger partial charge in [-0.1, -0.05) is 23.2 Å². The van der Waals surface area contributed by atoms with Crippen molar-refractivity contribution in [2.75, 3.05) is 5.32 Å². The predicted molar refractivity (Wildman–Crippen MR) is 100 cm³/mol. The van der Waals surface area contributed by atoms with Crippen LogP contribution in [0.2, 0.25) is 10.0 Å². The minimum absolute atomic E-state index is 0.0820. The van der Waals surface area contributed by atoms with Gasteiger partial charge in [0.15, 0.2) is 5.11 Å². The molecule has 1 aliphatic heterocycles. The number of halogens is 2. The van der Waals surface area contributed by atoms with Crippen LogP contribution in [-0.2, 0) is 0 Å². The van der Waals surface area contributed by atoms with Crippen LogP contribution in [0.1, 0.15) is 40.5 Å². The average molecular weight is 360 g/mol. The topological polar surface area (TPSA) is 36.1 Å². The van der Waals surface area contributed by atoms with Crippen molar-refractivity contribution in [3.8, 4) is 0 Å². The molecule has 1 aromatic rings. The third kappa shape index (κ3) is 4.98. The zero-order valence-electron chi connectivity index (χ0n) is 13.4. The van der Waals surface area contributed by atoms with Crippen LogP contribution in [-0.4, -0.2) is 22.2 Å². The van der Waals surface area contributed by atoms with E-state index < -0.39 is 0 Å². The van der Waals surface area contributed by atoms with Gasteiger partial charge in [0.2, 0.25) is 0 Å². The second kappa shape index (κ2) is 6.52. The minimum atomic E-state index is 0.0820. The highest BCUT2D eigenvalue weighted by Gasteiger charge is 2.37. The average Bonchev–Trinajstić information content (AvgIpc) is 2.29. The molecule has 1 aromatic carbocycles. The molecule has 2 rings (SSSR count). The second-order valence-electron chi connectivity index (χ2n) is 7.23. The van der Waals surface area contributed by atoms with Crippen molar-refractivity contribution in [3.05, 3.63) is 28.2 Å². The zero-order valence-corrected chi connectivity index (χ0v) is 15.7. The Bertz CT molecular complexity index is 557.